The van der Waals surface area contributed by atoms with Crippen LogP contribution in [0.5, 0.6) is 0 Å². The lowest BCUT2D eigenvalue weighted by Crippen LogP contribution is -2.22. The van der Waals surface area contributed by atoms with Gasteiger partial charge in [-0.15, -0.1) is 0 Å². The van der Waals surface area contributed by atoms with Crippen molar-refractivity contribution in [3.63, 3.8) is 0 Å². The van der Waals surface area contributed by atoms with E-state index in [2.05, 4.69) is 41.5 Å². The number of allylic oxidation sites excluding steroid dienone is 4. The first-order valence-corrected chi connectivity index (χ1v) is 10.0. The van der Waals surface area contributed by atoms with Crippen molar-refractivity contribution in [3.8, 4) is 0 Å². The molecular weight excluding hydrogens is 292 g/mol. The molecule has 1 nitrogen and oxygen atoms in total. The summed E-state index contributed by atoms with van der Waals surface area (Å²) in [4.78, 5) is 12.5. The van der Waals surface area contributed by atoms with Crippen molar-refractivity contribution in [2.75, 3.05) is 0 Å². The lowest BCUT2D eigenvalue weighted by molar-refractivity contribution is -0.119. The van der Waals surface area contributed by atoms with E-state index in [1.165, 1.54) is 38.5 Å². The maximum absolute atomic E-state index is 12.5. The lowest BCUT2D eigenvalue weighted by Gasteiger charge is -2.35. The van der Waals surface area contributed by atoms with Gasteiger partial charge in [-0.2, -0.15) is 0 Å². The first-order valence-electron chi connectivity index (χ1n) is 10.0. The second-order valence-electron chi connectivity index (χ2n) is 9.53. The molecular formula is C23H38O. The van der Waals surface area contributed by atoms with Crippen LogP contribution in [-0.2, 0) is 4.79 Å². The Labute approximate surface area is 150 Å². The molecule has 24 heavy (non-hydrogen) atoms. The van der Waals surface area contributed by atoms with Crippen LogP contribution in [0.1, 0.15) is 106 Å². The Bertz CT molecular complexity index is 494. The lowest BCUT2D eigenvalue weighted by atomic mass is 9.70. The summed E-state index contributed by atoms with van der Waals surface area (Å²) in [5, 5.41) is 0. The summed E-state index contributed by atoms with van der Waals surface area (Å²) >= 11 is 0. The summed E-state index contributed by atoms with van der Waals surface area (Å²) in [6, 6.07) is 0. The van der Waals surface area contributed by atoms with Gasteiger partial charge in [0.2, 0.25) is 0 Å². The van der Waals surface area contributed by atoms with Crippen molar-refractivity contribution in [2.24, 2.45) is 10.8 Å². The van der Waals surface area contributed by atoms with Gasteiger partial charge in [-0.05, 0) is 76.0 Å². The predicted octanol–water partition coefficient (Wildman–Crippen LogP) is 7.17. The van der Waals surface area contributed by atoms with Gasteiger partial charge < -0.3 is 0 Å². The minimum Gasteiger partial charge on any atom is -0.300 e. The molecule has 0 amide bonds. The molecule has 0 aliphatic heterocycles. The summed E-state index contributed by atoms with van der Waals surface area (Å²) < 4.78 is 0. The number of Topliss-reactive ketones (excluding diaryl/α,β-unsaturated/α-hetero) is 1. The van der Waals surface area contributed by atoms with Gasteiger partial charge in [0.25, 0.3) is 0 Å². The van der Waals surface area contributed by atoms with E-state index in [0.29, 0.717) is 16.6 Å². The standard InChI is InChI=1S/C23H38O/c1-17-9-7-15-22(3,4)20(17)13-11-19(24)12-14-21-18(2)10-8-16-23(21,5)6/h7-16H2,1-6H3. The molecule has 2 aliphatic carbocycles. The Kier molecular flexibility index (Phi) is 6.15. The average molecular weight is 331 g/mol. The maximum Gasteiger partial charge on any atom is 0.133 e. The molecule has 0 aromatic carbocycles. The summed E-state index contributed by atoms with van der Waals surface area (Å²) in [5.41, 5.74) is 6.82. The summed E-state index contributed by atoms with van der Waals surface area (Å²) in [7, 11) is 0. The highest BCUT2D eigenvalue weighted by molar-refractivity contribution is 5.79. The Morgan fingerprint density at radius 3 is 1.50 bits per heavy atom. The minimum absolute atomic E-state index is 0.299. The number of carbonyl (C=O) groups excluding carboxylic acids is 1. The highest BCUT2D eigenvalue weighted by Gasteiger charge is 2.30. The largest absolute Gasteiger partial charge is 0.300 e. The van der Waals surface area contributed by atoms with E-state index in [1.54, 1.807) is 22.3 Å². The number of ketones is 1. The maximum atomic E-state index is 12.5. The van der Waals surface area contributed by atoms with Crippen molar-refractivity contribution >= 4 is 5.78 Å². The molecule has 0 N–H and O–H groups in total. The molecule has 0 saturated carbocycles. The molecule has 0 bridgehead atoms. The molecule has 0 saturated heterocycles. The molecule has 0 unspecified atom stereocenters. The van der Waals surface area contributed by atoms with Gasteiger partial charge in [0.1, 0.15) is 5.78 Å². The average Bonchev–Trinajstić information content (AvgIpc) is 2.44. The normalized spacial score (nSPS) is 23.6. The van der Waals surface area contributed by atoms with Crippen LogP contribution >= 0.6 is 0 Å². The molecule has 2 aliphatic rings. The highest BCUT2D eigenvalue weighted by Crippen LogP contribution is 2.43. The molecule has 136 valence electrons. The Hall–Kier alpha value is -0.850. The monoisotopic (exact) mass is 330 g/mol. The molecule has 0 atom stereocenters. The van der Waals surface area contributed by atoms with Crippen molar-refractivity contribution in [1.82, 2.24) is 0 Å². The third-order valence-corrected chi connectivity index (χ3v) is 6.68. The van der Waals surface area contributed by atoms with E-state index >= 15 is 0 Å². The molecule has 0 aromatic rings. The zero-order chi connectivity index (χ0) is 18.0. The van der Waals surface area contributed by atoms with E-state index < -0.39 is 0 Å². The van der Waals surface area contributed by atoms with Crippen LogP contribution in [0.4, 0.5) is 0 Å². The third kappa shape index (κ3) is 4.61. The zero-order valence-electron chi connectivity index (χ0n) is 17.0. The zero-order valence-corrected chi connectivity index (χ0v) is 17.0. The molecule has 1 heteroatoms. The SMILES string of the molecule is CC1=C(CCC(=O)CCC2=C(C)CCCC2(C)C)C(C)(C)CCC1. The molecule has 0 heterocycles. The Morgan fingerprint density at radius 1 is 0.792 bits per heavy atom. The molecule has 0 radical (unpaired) electrons. The fraction of sp³-hybridized carbons (Fsp3) is 0.783. The molecule has 0 fully saturated rings. The fourth-order valence-electron chi connectivity index (χ4n) is 5.11. The smallest absolute Gasteiger partial charge is 0.133 e. The fourth-order valence-corrected chi connectivity index (χ4v) is 5.11. The quantitative estimate of drug-likeness (QED) is 0.472. The van der Waals surface area contributed by atoms with Gasteiger partial charge in [0.05, 0.1) is 0 Å². The van der Waals surface area contributed by atoms with Crippen LogP contribution in [0.2, 0.25) is 0 Å². The van der Waals surface area contributed by atoms with E-state index in [-0.39, 0.29) is 0 Å². The summed E-state index contributed by atoms with van der Waals surface area (Å²) in [5.74, 6) is 0.457. The van der Waals surface area contributed by atoms with Gasteiger partial charge in [-0.1, -0.05) is 50.0 Å². The van der Waals surface area contributed by atoms with Crippen LogP contribution in [0.25, 0.3) is 0 Å². The van der Waals surface area contributed by atoms with Crippen LogP contribution < -0.4 is 0 Å². The Balaban J connectivity index is 1.90. The Morgan fingerprint density at radius 2 is 1.17 bits per heavy atom. The van der Waals surface area contributed by atoms with Crippen LogP contribution in [0.15, 0.2) is 22.3 Å². The number of hydrogen-bond donors (Lipinski definition) is 0. The number of carbonyl (C=O) groups is 1. The van der Waals surface area contributed by atoms with Crippen LogP contribution in [0, 0.1) is 10.8 Å². The first kappa shape index (κ1) is 19.5. The van der Waals surface area contributed by atoms with Gasteiger partial charge in [0, 0.05) is 12.8 Å². The van der Waals surface area contributed by atoms with E-state index in [1.807, 2.05) is 0 Å². The summed E-state index contributed by atoms with van der Waals surface area (Å²) in [6.45, 7) is 14.0. The van der Waals surface area contributed by atoms with Gasteiger partial charge in [-0.3, -0.25) is 4.79 Å². The summed E-state index contributed by atoms with van der Waals surface area (Å²) in [6.07, 6.45) is 11.1. The van der Waals surface area contributed by atoms with Crippen molar-refractivity contribution in [3.05, 3.63) is 22.3 Å². The first-order chi connectivity index (χ1) is 11.1. The second kappa shape index (κ2) is 7.58. The van der Waals surface area contributed by atoms with Crippen molar-refractivity contribution in [1.29, 1.82) is 0 Å². The van der Waals surface area contributed by atoms with E-state index in [0.717, 1.165) is 25.7 Å². The highest BCUT2D eigenvalue weighted by atomic mass is 16.1. The van der Waals surface area contributed by atoms with Crippen LogP contribution in [-0.4, -0.2) is 5.78 Å². The van der Waals surface area contributed by atoms with Gasteiger partial charge >= 0.3 is 0 Å². The molecule has 0 spiro atoms. The molecule has 2 rings (SSSR count). The predicted molar refractivity (Wildman–Crippen MR) is 104 cm³/mol. The van der Waals surface area contributed by atoms with Crippen LogP contribution in [0.3, 0.4) is 0 Å². The minimum atomic E-state index is 0.299. The van der Waals surface area contributed by atoms with Gasteiger partial charge in [0.15, 0.2) is 0 Å². The topological polar surface area (TPSA) is 17.1 Å². The van der Waals surface area contributed by atoms with Gasteiger partial charge in [-0.25, -0.2) is 0 Å². The second-order valence-corrected chi connectivity index (χ2v) is 9.53. The molecule has 0 aromatic heterocycles. The third-order valence-electron chi connectivity index (χ3n) is 6.68. The van der Waals surface area contributed by atoms with Crippen molar-refractivity contribution in [2.45, 2.75) is 106 Å². The van der Waals surface area contributed by atoms with Crippen molar-refractivity contribution < 1.29 is 4.79 Å². The number of hydrogen-bond acceptors (Lipinski definition) is 1. The number of rotatable bonds is 6. The van der Waals surface area contributed by atoms with E-state index in [4.69, 9.17) is 0 Å². The van der Waals surface area contributed by atoms with E-state index in [9.17, 15) is 4.79 Å².